The summed E-state index contributed by atoms with van der Waals surface area (Å²) < 4.78 is 0. The average molecular weight is 342 g/mol. The molecule has 0 radical (unpaired) electrons. The molecule has 1 aliphatic carbocycles. The molecule has 0 aromatic heterocycles. The van der Waals surface area contributed by atoms with Crippen LogP contribution in [0.5, 0.6) is 0 Å². The fraction of sp³-hybridized carbons (Fsp3) is 0.941. The third-order valence-electron chi connectivity index (χ3n) is 5.04. The van der Waals surface area contributed by atoms with Crippen molar-refractivity contribution in [3.8, 4) is 0 Å². The highest BCUT2D eigenvalue weighted by Gasteiger charge is 2.24. The molecule has 1 saturated heterocycles. The summed E-state index contributed by atoms with van der Waals surface area (Å²) in [5.74, 6) is 0.979. The molecule has 0 bridgehead atoms. The van der Waals surface area contributed by atoms with Gasteiger partial charge in [-0.1, -0.05) is 0 Å². The summed E-state index contributed by atoms with van der Waals surface area (Å²) in [6.45, 7) is 7.09. The zero-order chi connectivity index (χ0) is 16.5. The van der Waals surface area contributed by atoms with E-state index >= 15 is 0 Å². The molecule has 2 rings (SSSR count). The molecular formula is C17H35N5S. The first kappa shape index (κ1) is 18.9. The second-order valence-electron chi connectivity index (χ2n) is 6.86. The fourth-order valence-corrected chi connectivity index (χ4v) is 4.30. The summed E-state index contributed by atoms with van der Waals surface area (Å²) in [5.41, 5.74) is 0. The maximum absolute atomic E-state index is 4.38. The van der Waals surface area contributed by atoms with E-state index in [2.05, 4.69) is 38.7 Å². The lowest BCUT2D eigenvalue weighted by molar-refractivity contribution is 0.274. The summed E-state index contributed by atoms with van der Waals surface area (Å²) in [6.07, 6.45) is 8.57. The van der Waals surface area contributed by atoms with Crippen LogP contribution in [0.3, 0.4) is 0 Å². The zero-order valence-corrected chi connectivity index (χ0v) is 16.0. The third-order valence-corrected chi connectivity index (χ3v) is 6.13. The lowest BCUT2D eigenvalue weighted by Gasteiger charge is -2.21. The lowest BCUT2D eigenvalue weighted by atomic mass is 10.2. The molecule has 2 N–H and O–H groups in total. The summed E-state index contributed by atoms with van der Waals surface area (Å²) in [6, 6.07) is 0.597. The van der Waals surface area contributed by atoms with Crippen LogP contribution in [0.25, 0.3) is 0 Å². The minimum Gasteiger partial charge on any atom is -0.356 e. The molecule has 1 heterocycles. The minimum atomic E-state index is 0.597. The Morgan fingerprint density at radius 2 is 2.09 bits per heavy atom. The highest BCUT2D eigenvalue weighted by molar-refractivity contribution is 7.99. The smallest absolute Gasteiger partial charge is 0.191 e. The second kappa shape index (κ2) is 10.4. The minimum absolute atomic E-state index is 0.597. The van der Waals surface area contributed by atoms with Crippen LogP contribution in [-0.2, 0) is 0 Å². The molecule has 2 unspecified atom stereocenters. The van der Waals surface area contributed by atoms with Crippen molar-refractivity contribution in [3.05, 3.63) is 0 Å². The highest BCUT2D eigenvalue weighted by atomic mass is 32.2. The molecule has 1 saturated carbocycles. The van der Waals surface area contributed by atoms with Crippen molar-refractivity contribution < 1.29 is 0 Å². The highest BCUT2D eigenvalue weighted by Crippen LogP contribution is 2.27. The van der Waals surface area contributed by atoms with Crippen molar-refractivity contribution in [2.45, 2.75) is 43.4 Å². The van der Waals surface area contributed by atoms with Gasteiger partial charge in [-0.05, 0) is 65.0 Å². The van der Waals surface area contributed by atoms with Gasteiger partial charge in [0.05, 0.1) is 0 Å². The number of likely N-dealkylation sites (N-methyl/N-ethyl adjacent to an activating group) is 1. The third kappa shape index (κ3) is 6.89. The molecule has 0 amide bonds. The quantitative estimate of drug-likeness (QED) is 0.435. The van der Waals surface area contributed by atoms with E-state index in [-0.39, 0.29) is 0 Å². The van der Waals surface area contributed by atoms with E-state index in [0.29, 0.717) is 6.04 Å². The van der Waals surface area contributed by atoms with E-state index in [1.54, 1.807) is 0 Å². The number of hydrogen-bond donors (Lipinski definition) is 2. The van der Waals surface area contributed by atoms with Crippen LogP contribution in [0.2, 0.25) is 0 Å². The van der Waals surface area contributed by atoms with Crippen LogP contribution >= 0.6 is 11.8 Å². The van der Waals surface area contributed by atoms with Crippen LogP contribution in [0.4, 0.5) is 0 Å². The molecule has 134 valence electrons. The van der Waals surface area contributed by atoms with E-state index in [0.717, 1.165) is 17.8 Å². The van der Waals surface area contributed by atoms with Gasteiger partial charge in [0.15, 0.2) is 5.96 Å². The average Bonchev–Trinajstić information content (AvgIpc) is 2.92. The molecule has 2 aliphatic rings. The number of guanidine groups is 1. The van der Waals surface area contributed by atoms with Gasteiger partial charge in [0.2, 0.25) is 0 Å². The van der Waals surface area contributed by atoms with E-state index in [1.807, 2.05) is 18.8 Å². The monoisotopic (exact) mass is 341 g/mol. The Morgan fingerprint density at radius 3 is 2.83 bits per heavy atom. The summed E-state index contributed by atoms with van der Waals surface area (Å²) >= 11 is 2.00. The molecule has 0 aromatic carbocycles. The fourth-order valence-electron chi connectivity index (χ4n) is 3.51. The van der Waals surface area contributed by atoms with Gasteiger partial charge in [-0.15, -0.1) is 0 Å². The molecule has 1 aliphatic heterocycles. The Labute approximate surface area is 146 Å². The number of hydrogen-bond acceptors (Lipinski definition) is 4. The maximum Gasteiger partial charge on any atom is 0.191 e. The first-order chi connectivity index (χ1) is 11.2. The SMILES string of the molecule is CN=C(NCCCN1CCCN(C)CC1)NC1CCC(SC)C1. The number of aliphatic imine (C=N–C) groups is 1. The Hall–Kier alpha value is -0.460. The van der Waals surface area contributed by atoms with Crippen LogP contribution in [-0.4, -0.2) is 86.7 Å². The molecule has 6 heteroatoms. The molecule has 23 heavy (non-hydrogen) atoms. The predicted octanol–water partition coefficient (Wildman–Crippen LogP) is 1.46. The number of thioether (sulfide) groups is 1. The Morgan fingerprint density at radius 1 is 1.22 bits per heavy atom. The van der Waals surface area contributed by atoms with Crippen LogP contribution in [0.15, 0.2) is 4.99 Å². The maximum atomic E-state index is 4.38. The lowest BCUT2D eigenvalue weighted by Crippen LogP contribution is -2.43. The number of rotatable bonds is 6. The van der Waals surface area contributed by atoms with E-state index in [1.165, 1.54) is 64.8 Å². The van der Waals surface area contributed by atoms with Crippen molar-refractivity contribution in [1.29, 1.82) is 0 Å². The largest absolute Gasteiger partial charge is 0.356 e. The topological polar surface area (TPSA) is 42.9 Å². The molecule has 2 atom stereocenters. The van der Waals surface area contributed by atoms with Crippen molar-refractivity contribution in [1.82, 2.24) is 20.4 Å². The van der Waals surface area contributed by atoms with E-state index < -0.39 is 0 Å². The van der Waals surface area contributed by atoms with Crippen LogP contribution in [0.1, 0.15) is 32.1 Å². The van der Waals surface area contributed by atoms with Gasteiger partial charge in [0, 0.05) is 38.0 Å². The zero-order valence-electron chi connectivity index (χ0n) is 15.2. The van der Waals surface area contributed by atoms with Gasteiger partial charge in [0.25, 0.3) is 0 Å². The summed E-state index contributed by atoms with van der Waals surface area (Å²) in [5, 5.41) is 7.90. The van der Waals surface area contributed by atoms with Crippen LogP contribution < -0.4 is 10.6 Å². The first-order valence-corrected chi connectivity index (χ1v) is 10.4. The predicted molar refractivity (Wildman–Crippen MR) is 103 cm³/mol. The van der Waals surface area contributed by atoms with Crippen LogP contribution in [0, 0.1) is 0 Å². The van der Waals surface area contributed by atoms with Crippen molar-refractivity contribution in [2.75, 3.05) is 59.6 Å². The Kier molecular flexibility index (Phi) is 8.55. The number of nitrogens with one attached hydrogen (secondary N) is 2. The standard InChI is InChI=1S/C17H35N5S/c1-18-17(20-15-6-7-16(14-15)23-3)19-8-4-10-22-11-5-9-21(2)12-13-22/h15-16H,4-14H2,1-3H3,(H2,18,19,20). The number of nitrogens with zero attached hydrogens (tertiary/aromatic N) is 3. The van der Waals surface area contributed by atoms with Gasteiger partial charge in [-0.2, -0.15) is 11.8 Å². The van der Waals surface area contributed by atoms with Crippen molar-refractivity contribution >= 4 is 17.7 Å². The first-order valence-electron chi connectivity index (χ1n) is 9.12. The van der Waals surface area contributed by atoms with E-state index in [9.17, 15) is 0 Å². The van der Waals surface area contributed by atoms with E-state index in [4.69, 9.17) is 0 Å². The van der Waals surface area contributed by atoms with Crippen molar-refractivity contribution in [3.63, 3.8) is 0 Å². The second-order valence-corrected chi connectivity index (χ2v) is 8.00. The normalized spacial score (nSPS) is 27.9. The molecule has 0 spiro atoms. The Bertz CT molecular complexity index is 363. The Balaban J connectivity index is 1.58. The molecule has 0 aromatic rings. The van der Waals surface area contributed by atoms with Crippen molar-refractivity contribution in [2.24, 2.45) is 4.99 Å². The summed E-state index contributed by atoms with van der Waals surface area (Å²) in [7, 11) is 4.10. The molecular weight excluding hydrogens is 306 g/mol. The molecule has 2 fully saturated rings. The van der Waals surface area contributed by atoms with Gasteiger partial charge in [-0.25, -0.2) is 0 Å². The summed E-state index contributed by atoms with van der Waals surface area (Å²) in [4.78, 5) is 9.42. The molecule has 5 nitrogen and oxygen atoms in total. The van der Waals surface area contributed by atoms with Gasteiger partial charge in [0.1, 0.15) is 0 Å². The van der Waals surface area contributed by atoms with Gasteiger partial charge in [-0.3, -0.25) is 4.99 Å². The van der Waals surface area contributed by atoms with Gasteiger partial charge < -0.3 is 20.4 Å². The van der Waals surface area contributed by atoms with Gasteiger partial charge >= 0.3 is 0 Å².